The first kappa shape index (κ1) is 14.8. The number of aliphatic hydroxyl groups excluding tert-OH is 1. The van der Waals surface area contributed by atoms with Crippen LogP contribution in [0.3, 0.4) is 0 Å². The first-order valence-electron chi connectivity index (χ1n) is 6.15. The molecule has 0 radical (unpaired) electrons. The van der Waals surface area contributed by atoms with Crippen molar-refractivity contribution < 1.29 is 14.6 Å². The van der Waals surface area contributed by atoms with Crippen molar-refractivity contribution in [2.24, 2.45) is 0 Å². The molecule has 1 aromatic rings. The highest BCUT2D eigenvalue weighted by Crippen LogP contribution is 2.31. The maximum atomic E-state index is 10.4. The lowest BCUT2D eigenvalue weighted by molar-refractivity contribution is 0.128. The Bertz CT molecular complexity index is 379. The van der Waals surface area contributed by atoms with Gasteiger partial charge in [0, 0.05) is 17.6 Å². The largest absolute Gasteiger partial charge is 0.497 e. The van der Waals surface area contributed by atoms with E-state index in [1.54, 1.807) is 20.3 Å². The summed E-state index contributed by atoms with van der Waals surface area (Å²) >= 11 is 0. The molecule has 0 aliphatic carbocycles. The molecule has 0 saturated heterocycles. The Balaban J connectivity index is 2.98. The zero-order valence-electron chi connectivity index (χ0n) is 11.7. The molecule has 0 fully saturated rings. The Morgan fingerprint density at radius 2 is 1.78 bits per heavy atom. The molecule has 1 rings (SSSR count). The molecule has 0 aliphatic rings. The van der Waals surface area contributed by atoms with Crippen molar-refractivity contribution in [1.82, 2.24) is 5.32 Å². The minimum atomic E-state index is -0.641. The van der Waals surface area contributed by atoms with Crippen LogP contribution in [0.1, 0.15) is 32.4 Å². The van der Waals surface area contributed by atoms with E-state index < -0.39 is 6.10 Å². The number of rotatable bonds is 6. The van der Waals surface area contributed by atoms with Crippen LogP contribution in [-0.4, -0.2) is 31.4 Å². The predicted molar refractivity (Wildman–Crippen MR) is 72.2 cm³/mol. The quantitative estimate of drug-likeness (QED) is 0.815. The molecule has 0 aliphatic heterocycles. The number of aliphatic hydroxyl groups is 1. The molecule has 2 atom stereocenters. The fraction of sp³-hybridized carbons (Fsp3) is 0.571. The summed E-state index contributed by atoms with van der Waals surface area (Å²) in [5.41, 5.74) is 0.734. The summed E-state index contributed by atoms with van der Waals surface area (Å²) < 4.78 is 10.5. The van der Waals surface area contributed by atoms with Crippen molar-refractivity contribution in [2.75, 3.05) is 14.2 Å². The van der Waals surface area contributed by atoms with Crippen molar-refractivity contribution in [1.29, 1.82) is 0 Å². The van der Waals surface area contributed by atoms with Crippen LogP contribution < -0.4 is 14.8 Å². The molecule has 4 heteroatoms. The molecule has 0 aromatic heterocycles. The second-order valence-corrected chi connectivity index (χ2v) is 4.66. The highest BCUT2D eigenvalue weighted by Gasteiger charge is 2.21. The average Bonchev–Trinajstić information content (AvgIpc) is 2.36. The van der Waals surface area contributed by atoms with Gasteiger partial charge >= 0.3 is 0 Å². The van der Waals surface area contributed by atoms with Crippen molar-refractivity contribution >= 4 is 0 Å². The van der Waals surface area contributed by atoms with Crippen molar-refractivity contribution in [2.45, 2.75) is 39.0 Å². The van der Waals surface area contributed by atoms with E-state index in [9.17, 15) is 5.11 Å². The summed E-state index contributed by atoms with van der Waals surface area (Å²) in [5.74, 6) is 1.38. The van der Waals surface area contributed by atoms with Gasteiger partial charge in [0.2, 0.25) is 0 Å². The first-order valence-corrected chi connectivity index (χ1v) is 6.15. The fourth-order valence-corrected chi connectivity index (χ4v) is 1.96. The summed E-state index contributed by atoms with van der Waals surface area (Å²) in [4.78, 5) is 0. The highest BCUT2D eigenvalue weighted by molar-refractivity contribution is 5.42. The number of methoxy groups -OCH3 is 2. The van der Waals surface area contributed by atoms with E-state index in [4.69, 9.17) is 9.47 Å². The topological polar surface area (TPSA) is 50.7 Å². The predicted octanol–water partition coefficient (Wildman–Crippen LogP) is 2.12. The molecule has 0 amide bonds. The molecule has 2 N–H and O–H groups in total. The molecule has 18 heavy (non-hydrogen) atoms. The summed E-state index contributed by atoms with van der Waals surface area (Å²) in [5, 5.41) is 13.7. The standard InChI is InChI=1S/C14H23NO3/c1-9(2)15-10(3)14(16)12-8-11(17-4)6-7-13(12)18-5/h6-10,14-16H,1-5H3/t10-,14-/m0/s1. The third-order valence-electron chi connectivity index (χ3n) is 2.83. The van der Waals surface area contributed by atoms with Gasteiger partial charge in [-0.2, -0.15) is 0 Å². The van der Waals surface area contributed by atoms with Gasteiger partial charge < -0.3 is 19.9 Å². The van der Waals surface area contributed by atoms with E-state index in [-0.39, 0.29) is 6.04 Å². The Kier molecular flexibility index (Phi) is 5.44. The molecule has 4 nitrogen and oxygen atoms in total. The van der Waals surface area contributed by atoms with Gasteiger partial charge in [-0.25, -0.2) is 0 Å². The molecule has 1 aromatic carbocycles. The van der Waals surface area contributed by atoms with Crippen LogP contribution in [0, 0.1) is 0 Å². The number of benzene rings is 1. The lowest BCUT2D eigenvalue weighted by Crippen LogP contribution is -2.37. The molecule has 0 spiro atoms. The van der Waals surface area contributed by atoms with Crippen molar-refractivity contribution in [3.05, 3.63) is 23.8 Å². The number of hydrogen-bond donors (Lipinski definition) is 2. The van der Waals surface area contributed by atoms with Gasteiger partial charge in [-0.15, -0.1) is 0 Å². The van der Waals surface area contributed by atoms with Crippen LogP contribution >= 0.6 is 0 Å². The van der Waals surface area contributed by atoms with Crippen LogP contribution in [0.2, 0.25) is 0 Å². The Morgan fingerprint density at radius 3 is 2.28 bits per heavy atom. The van der Waals surface area contributed by atoms with E-state index >= 15 is 0 Å². The van der Waals surface area contributed by atoms with Gasteiger partial charge in [-0.3, -0.25) is 0 Å². The van der Waals surface area contributed by atoms with E-state index in [0.717, 1.165) is 5.56 Å². The summed E-state index contributed by atoms with van der Waals surface area (Å²) in [7, 11) is 3.20. The normalized spacial score (nSPS) is 14.4. The van der Waals surface area contributed by atoms with Crippen LogP contribution in [0.5, 0.6) is 11.5 Å². The van der Waals surface area contributed by atoms with Crippen LogP contribution in [0.15, 0.2) is 18.2 Å². The molecule has 0 unspecified atom stereocenters. The van der Waals surface area contributed by atoms with Crippen molar-refractivity contribution in [3.63, 3.8) is 0 Å². The molecule has 0 heterocycles. The smallest absolute Gasteiger partial charge is 0.124 e. The van der Waals surface area contributed by atoms with E-state index in [1.807, 2.05) is 32.9 Å². The van der Waals surface area contributed by atoms with Crippen LogP contribution in [0.25, 0.3) is 0 Å². The Labute approximate surface area is 109 Å². The van der Waals surface area contributed by atoms with Crippen LogP contribution in [0.4, 0.5) is 0 Å². The lowest BCUT2D eigenvalue weighted by Gasteiger charge is -2.24. The Morgan fingerprint density at radius 1 is 1.11 bits per heavy atom. The second-order valence-electron chi connectivity index (χ2n) is 4.66. The summed E-state index contributed by atoms with van der Waals surface area (Å²) in [6, 6.07) is 5.68. The van der Waals surface area contributed by atoms with E-state index in [1.165, 1.54) is 0 Å². The minimum Gasteiger partial charge on any atom is -0.497 e. The molecule has 102 valence electrons. The lowest BCUT2D eigenvalue weighted by atomic mass is 10.0. The Hall–Kier alpha value is -1.26. The van der Waals surface area contributed by atoms with E-state index in [0.29, 0.717) is 17.5 Å². The van der Waals surface area contributed by atoms with E-state index in [2.05, 4.69) is 5.32 Å². The maximum Gasteiger partial charge on any atom is 0.124 e. The summed E-state index contributed by atoms with van der Waals surface area (Å²) in [6.45, 7) is 6.04. The molecular weight excluding hydrogens is 230 g/mol. The fourth-order valence-electron chi connectivity index (χ4n) is 1.96. The van der Waals surface area contributed by atoms with Gasteiger partial charge in [0.25, 0.3) is 0 Å². The first-order chi connectivity index (χ1) is 8.49. The number of hydrogen-bond acceptors (Lipinski definition) is 4. The maximum absolute atomic E-state index is 10.4. The van der Waals surface area contributed by atoms with Gasteiger partial charge in [-0.1, -0.05) is 13.8 Å². The monoisotopic (exact) mass is 253 g/mol. The van der Waals surface area contributed by atoms with Gasteiger partial charge in [0.15, 0.2) is 0 Å². The third-order valence-corrected chi connectivity index (χ3v) is 2.83. The zero-order valence-corrected chi connectivity index (χ0v) is 11.7. The molecular formula is C14H23NO3. The van der Waals surface area contributed by atoms with Gasteiger partial charge in [0.05, 0.1) is 20.3 Å². The number of ether oxygens (including phenoxy) is 2. The zero-order chi connectivity index (χ0) is 13.7. The average molecular weight is 253 g/mol. The minimum absolute atomic E-state index is 0.0639. The SMILES string of the molecule is COc1ccc(OC)c([C@@H](O)[C@H](C)NC(C)C)c1. The highest BCUT2D eigenvalue weighted by atomic mass is 16.5. The van der Waals surface area contributed by atoms with Gasteiger partial charge in [-0.05, 0) is 25.1 Å². The van der Waals surface area contributed by atoms with Crippen molar-refractivity contribution in [3.8, 4) is 11.5 Å². The molecule has 0 saturated carbocycles. The van der Waals surface area contributed by atoms with Gasteiger partial charge in [0.1, 0.15) is 11.5 Å². The second kappa shape index (κ2) is 6.61. The number of nitrogens with one attached hydrogen (secondary N) is 1. The molecule has 0 bridgehead atoms. The summed E-state index contributed by atoms with van der Waals surface area (Å²) in [6.07, 6.45) is -0.641. The van der Waals surface area contributed by atoms with Crippen LogP contribution in [-0.2, 0) is 0 Å². The third kappa shape index (κ3) is 3.62.